The number of carbonyl (C=O) groups is 1. The van der Waals surface area contributed by atoms with Crippen LogP contribution in [0.4, 0.5) is 4.39 Å². The number of thioether (sulfide) groups is 1. The summed E-state index contributed by atoms with van der Waals surface area (Å²) in [7, 11) is 1.61. The number of rotatable bonds is 8. The van der Waals surface area contributed by atoms with E-state index in [1.165, 1.54) is 23.9 Å². The van der Waals surface area contributed by atoms with E-state index < -0.39 is 0 Å². The van der Waals surface area contributed by atoms with E-state index in [0.717, 1.165) is 21.8 Å². The van der Waals surface area contributed by atoms with Crippen LogP contribution in [-0.4, -0.2) is 23.7 Å². The van der Waals surface area contributed by atoms with Gasteiger partial charge in [0.2, 0.25) is 5.91 Å². The molecule has 0 bridgehead atoms. The Hall–Kier alpha value is -3.30. The first-order valence-corrected chi connectivity index (χ1v) is 10.3. The Kier molecular flexibility index (Phi) is 7.47. The van der Waals surface area contributed by atoms with Crippen molar-refractivity contribution in [2.75, 3.05) is 12.9 Å². The van der Waals surface area contributed by atoms with E-state index in [1.54, 1.807) is 36.3 Å². The van der Waals surface area contributed by atoms with Gasteiger partial charge in [0.25, 0.3) is 0 Å². The molecule has 30 heavy (non-hydrogen) atoms. The molecule has 0 saturated carbocycles. The van der Waals surface area contributed by atoms with Crippen LogP contribution in [0.1, 0.15) is 16.7 Å². The first-order chi connectivity index (χ1) is 14.6. The van der Waals surface area contributed by atoms with E-state index in [4.69, 9.17) is 10.00 Å². The van der Waals surface area contributed by atoms with Crippen molar-refractivity contribution in [3.05, 3.63) is 95.3 Å². The Labute approximate surface area is 179 Å². The van der Waals surface area contributed by atoms with E-state index in [9.17, 15) is 9.18 Å². The molecule has 0 aromatic heterocycles. The summed E-state index contributed by atoms with van der Waals surface area (Å²) in [5.74, 6) is 0.646. The van der Waals surface area contributed by atoms with Crippen molar-refractivity contribution in [1.82, 2.24) is 4.90 Å². The predicted molar refractivity (Wildman–Crippen MR) is 116 cm³/mol. The molecule has 0 radical (unpaired) electrons. The van der Waals surface area contributed by atoms with Crippen molar-refractivity contribution in [3.63, 3.8) is 0 Å². The lowest BCUT2D eigenvalue weighted by molar-refractivity contribution is -0.129. The van der Waals surface area contributed by atoms with Crippen LogP contribution in [-0.2, 0) is 17.9 Å². The fourth-order valence-corrected chi connectivity index (χ4v) is 3.70. The van der Waals surface area contributed by atoms with Gasteiger partial charge in [0.1, 0.15) is 11.6 Å². The number of hydrogen-bond donors (Lipinski definition) is 0. The molecule has 1 amide bonds. The lowest BCUT2D eigenvalue weighted by atomic mass is 10.1. The van der Waals surface area contributed by atoms with Gasteiger partial charge in [-0.15, -0.1) is 11.8 Å². The summed E-state index contributed by atoms with van der Waals surface area (Å²) in [5.41, 5.74) is 2.21. The highest BCUT2D eigenvalue weighted by molar-refractivity contribution is 8.00. The molecule has 0 heterocycles. The molecule has 0 N–H and O–H groups in total. The number of halogens is 1. The molecule has 0 aliphatic rings. The minimum Gasteiger partial charge on any atom is -0.497 e. The lowest BCUT2D eigenvalue weighted by Gasteiger charge is -2.23. The molecule has 0 atom stereocenters. The Bertz CT molecular complexity index is 1030. The number of amides is 1. The van der Waals surface area contributed by atoms with Crippen LogP contribution < -0.4 is 4.74 Å². The predicted octanol–water partition coefficient (Wildman–Crippen LogP) is 5.03. The van der Waals surface area contributed by atoms with Crippen molar-refractivity contribution in [2.45, 2.75) is 18.0 Å². The second-order valence-corrected chi connectivity index (χ2v) is 7.70. The summed E-state index contributed by atoms with van der Waals surface area (Å²) in [5, 5.41) is 8.97. The third-order valence-electron chi connectivity index (χ3n) is 4.49. The first kappa shape index (κ1) is 21.4. The molecular formula is C24H21FN2O2S. The van der Waals surface area contributed by atoms with Crippen LogP contribution >= 0.6 is 11.8 Å². The lowest BCUT2D eigenvalue weighted by Crippen LogP contribution is -2.31. The van der Waals surface area contributed by atoms with Gasteiger partial charge in [-0.25, -0.2) is 4.39 Å². The van der Waals surface area contributed by atoms with Crippen LogP contribution in [0.25, 0.3) is 0 Å². The number of ether oxygens (including phenoxy) is 1. The highest BCUT2D eigenvalue weighted by Crippen LogP contribution is 2.22. The molecule has 0 unspecified atom stereocenters. The zero-order valence-electron chi connectivity index (χ0n) is 16.5. The summed E-state index contributed by atoms with van der Waals surface area (Å²) >= 11 is 1.44. The van der Waals surface area contributed by atoms with Crippen molar-refractivity contribution >= 4 is 17.7 Å². The average molecular weight is 421 g/mol. The summed E-state index contributed by atoms with van der Waals surface area (Å²) in [6.45, 7) is 0.685. The Morgan fingerprint density at radius 2 is 1.73 bits per heavy atom. The highest BCUT2D eigenvalue weighted by Gasteiger charge is 2.16. The van der Waals surface area contributed by atoms with Crippen molar-refractivity contribution < 1.29 is 13.9 Å². The second kappa shape index (κ2) is 10.5. The molecule has 0 fully saturated rings. The molecule has 0 saturated heterocycles. The molecule has 0 aliphatic carbocycles. The Morgan fingerprint density at radius 3 is 2.37 bits per heavy atom. The van der Waals surface area contributed by atoms with Crippen molar-refractivity contribution in [1.29, 1.82) is 5.26 Å². The number of nitrogens with zero attached hydrogens (tertiary/aromatic N) is 2. The van der Waals surface area contributed by atoms with Crippen LogP contribution in [0.15, 0.2) is 77.7 Å². The quantitative estimate of drug-likeness (QED) is 0.480. The SMILES string of the molecule is COc1ccc(SCC(=O)N(Cc2ccc(C#N)cc2)Cc2cccc(F)c2)cc1. The van der Waals surface area contributed by atoms with Gasteiger partial charge in [0.15, 0.2) is 0 Å². The maximum absolute atomic E-state index is 13.6. The number of hydrogen-bond acceptors (Lipinski definition) is 4. The smallest absolute Gasteiger partial charge is 0.233 e. The van der Waals surface area contributed by atoms with Gasteiger partial charge < -0.3 is 9.64 Å². The van der Waals surface area contributed by atoms with Gasteiger partial charge in [0, 0.05) is 18.0 Å². The van der Waals surface area contributed by atoms with E-state index in [-0.39, 0.29) is 17.5 Å². The van der Waals surface area contributed by atoms with Crippen LogP contribution in [0.5, 0.6) is 5.75 Å². The molecule has 6 heteroatoms. The van der Waals surface area contributed by atoms with E-state index in [1.807, 2.05) is 36.4 Å². The first-order valence-electron chi connectivity index (χ1n) is 9.35. The largest absolute Gasteiger partial charge is 0.497 e. The van der Waals surface area contributed by atoms with E-state index >= 15 is 0 Å². The summed E-state index contributed by atoms with van der Waals surface area (Å²) in [6.07, 6.45) is 0. The number of benzene rings is 3. The molecule has 0 spiro atoms. The van der Waals surface area contributed by atoms with Gasteiger partial charge in [-0.1, -0.05) is 24.3 Å². The van der Waals surface area contributed by atoms with Crippen molar-refractivity contribution in [3.8, 4) is 11.8 Å². The Morgan fingerprint density at radius 1 is 1.03 bits per heavy atom. The molecule has 3 aromatic rings. The topological polar surface area (TPSA) is 53.3 Å². The maximum Gasteiger partial charge on any atom is 0.233 e. The molecule has 3 rings (SSSR count). The summed E-state index contributed by atoms with van der Waals surface area (Å²) in [6, 6.07) is 23.0. The maximum atomic E-state index is 13.6. The van der Waals surface area contributed by atoms with Gasteiger partial charge in [0.05, 0.1) is 24.5 Å². The van der Waals surface area contributed by atoms with Gasteiger partial charge in [-0.05, 0) is 59.7 Å². The van der Waals surface area contributed by atoms with Crippen LogP contribution in [0.3, 0.4) is 0 Å². The molecule has 0 aliphatic heterocycles. The average Bonchev–Trinajstić information content (AvgIpc) is 2.78. The third kappa shape index (κ3) is 6.10. The molecule has 152 valence electrons. The van der Waals surface area contributed by atoms with Crippen LogP contribution in [0.2, 0.25) is 0 Å². The normalized spacial score (nSPS) is 10.3. The van der Waals surface area contributed by atoms with E-state index in [2.05, 4.69) is 6.07 Å². The molecule has 4 nitrogen and oxygen atoms in total. The van der Waals surface area contributed by atoms with Crippen LogP contribution in [0, 0.1) is 17.1 Å². The highest BCUT2D eigenvalue weighted by atomic mass is 32.2. The third-order valence-corrected chi connectivity index (χ3v) is 5.49. The zero-order chi connectivity index (χ0) is 21.3. The fourth-order valence-electron chi connectivity index (χ4n) is 2.90. The number of methoxy groups -OCH3 is 1. The second-order valence-electron chi connectivity index (χ2n) is 6.65. The van der Waals surface area contributed by atoms with Gasteiger partial charge in [-0.2, -0.15) is 5.26 Å². The minimum atomic E-state index is -0.328. The standard InChI is InChI=1S/C24H21FN2O2S/c1-29-22-9-11-23(12-10-22)30-17-24(28)27(16-20-3-2-4-21(25)13-20)15-19-7-5-18(14-26)6-8-19/h2-13H,15-17H2,1H3. The Balaban J connectivity index is 1.72. The van der Waals surface area contributed by atoms with E-state index in [0.29, 0.717) is 18.7 Å². The number of carbonyl (C=O) groups excluding carboxylic acids is 1. The fraction of sp³-hybridized carbons (Fsp3) is 0.167. The monoisotopic (exact) mass is 420 g/mol. The summed E-state index contributed by atoms with van der Waals surface area (Å²) in [4.78, 5) is 15.7. The summed E-state index contributed by atoms with van der Waals surface area (Å²) < 4.78 is 18.8. The molecule has 3 aromatic carbocycles. The van der Waals surface area contributed by atoms with Gasteiger partial charge >= 0.3 is 0 Å². The van der Waals surface area contributed by atoms with Gasteiger partial charge in [-0.3, -0.25) is 4.79 Å². The minimum absolute atomic E-state index is 0.0514. The number of nitriles is 1. The van der Waals surface area contributed by atoms with Crippen molar-refractivity contribution in [2.24, 2.45) is 0 Å². The zero-order valence-corrected chi connectivity index (χ0v) is 17.4. The molecular weight excluding hydrogens is 399 g/mol.